The van der Waals surface area contributed by atoms with Crippen molar-refractivity contribution in [1.82, 2.24) is 15.3 Å². The van der Waals surface area contributed by atoms with Crippen molar-refractivity contribution in [3.63, 3.8) is 0 Å². The fraction of sp³-hybridized carbons (Fsp3) is 0.118. The molecule has 1 aromatic carbocycles. The van der Waals surface area contributed by atoms with Crippen LogP contribution in [-0.2, 0) is 6.42 Å². The van der Waals surface area contributed by atoms with Crippen molar-refractivity contribution in [2.45, 2.75) is 6.42 Å². The van der Waals surface area contributed by atoms with Gasteiger partial charge in [0.05, 0.1) is 0 Å². The Morgan fingerprint density at radius 3 is 2.78 bits per heavy atom. The molecule has 1 amide bonds. The highest BCUT2D eigenvalue weighted by molar-refractivity contribution is 6.31. The number of aromatic amines is 1. The van der Waals surface area contributed by atoms with E-state index in [4.69, 9.17) is 11.6 Å². The van der Waals surface area contributed by atoms with Crippen LogP contribution < -0.4 is 10.7 Å². The third-order valence-corrected chi connectivity index (χ3v) is 3.77. The Kier molecular flexibility index (Phi) is 4.39. The number of hydrogen-bond donors (Lipinski definition) is 2. The Labute approximate surface area is 137 Å². The predicted molar refractivity (Wildman–Crippen MR) is 89.9 cm³/mol. The molecule has 0 spiro atoms. The lowest BCUT2D eigenvalue weighted by molar-refractivity contribution is 0.0953. The summed E-state index contributed by atoms with van der Waals surface area (Å²) in [7, 11) is 0. The predicted octanol–water partition coefficient (Wildman–Crippen LogP) is 2.55. The SMILES string of the molecule is O=C(NCCc1ccncc1)c1c[nH]c2ccc(Cl)cc2c1=O. The molecular formula is C17H14ClN3O2. The van der Waals surface area contributed by atoms with Gasteiger partial charge in [-0.05, 0) is 42.3 Å². The Balaban J connectivity index is 1.76. The first-order valence-corrected chi connectivity index (χ1v) is 7.51. The highest BCUT2D eigenvalue weighted by Gasteiger charge is 2.12. The number of rotatable bonds is 4. The minimum Gasteiger partial charge on any atom is -0.360 e. The van der Waals surface area contributed by atoms with Crippen molar-refractivity contribution in [3.8, 4) is 0 Å². The van der Waals surface area contributed by atoms with E-state index < -0.39 is 5.91 Å². The van der Waals surface area contributed by atoms with E-state index in [1.165, 1.54) is 6.20 Å². The number of fused-ring (bicyclic) bond motifs is 1. The molecule has 3 rings (SSSR count). The lowest BCUT2D eigenvalue weighted by Crippen LogP contribution is -2.30. The molecule has 5 nitrogen and oxygen atoms in total. The zero-order valence-electron chi connectivity index (χ0n) is 12.2. The molecule has 2 heterocycles. The fourth-order valence-corrected chi connectivity index (χ4v) is 2.50. The van der Waals surface area contributed by atoms with E-state index in [0.29, 0.717) is 28.9 Å². The zero-order valence-corrected chi connectivity index (χ0v) is 12.9. The standard InChI is InChI=1S/C17H14ClN3O2/c18-12-1-2-15-13(9-12)16(22)14(10-21-15)17(23)20-8-5-11-3-6-19-7-4-11/h1-4,6-7,9-10H,5,8H2,(H,20,23)(H,21,22). The fourth-order valence-electron chi connectivity index (χ4n) is 2.32. The van der Waals surface area contributed by atoms with Crippen LogP contribution in [0.25, 0.3) is 10.9 Å². The van der Waals surface area contributed by atoms with Gasteiger partial charge < -0.3 is 10.3 Å². The second kappa shape index (κ2) is 6.62. The van der Waals surface area contributed by atoms with Crippen molar-refractivity contribution < 1.29 is 4.79 Å². The Bertz CT molecular complexity index is 907. The van der Waals surface area contributed by atoms with E-state index in [2.05, 4.69) is 15.3 Å². The van der Waals surface area contributed by atoms with E-state index in [-0.39, 0.29) is 11.0 Å². The lowest BCUT2D eigenvalue weighted by atomic mass is 10.1. The molecule has 23 heavy (non-hydrogen) atoms. The van der Waals surface area contributed by atoms with Gasteiger partial charge in [-0.25, -0.2) is 0 Å². The highest BCUT2D eigenvalue weighted by atomic mass is 35.5. The number of hydrogen-bond acceptors (Lipinski definition) is 3. The third kappa shape index (κ3) is 3.40. The van der Waals surface area contributed by atoms with Gasteiger partial charge in [-0.1, -0.05) is 11.6 Å². The van der Waals surface area contributed by atoms with E-state index in [0.717, 1.165) is 5.56 Å². The topological polar surface area (TPSA) is 74.8 Å². The first-order chi connectivity index (χ1) is 11.1. The molecule has 0 unspecified atom stereocenters. The molecule has 0 radical (unpaired) electrons. The summed E-state index contributed by atoms with van der Waals surface area (Å²) in [6, 6.07) is 8.73. The van der Waals surface area contributed by atoms with Gasteiger partial charge in [0.2, 0.25) is 5.43 Å². The second-order valence-electron chi connectivity index (χ2n) is 5.08. The molecule has 0 saturated heterocycles. The van der Waals surface area contributed by atoms with Gasteiger partial charge in [0, 0.05) is 41.1 Å². The van der Waals surface area contributed by atoms with Crippen LogP contribution >= 0.6 is 11.6 Å². The Hall–Kier alpha value is -2.66. The summed E-state index contributed by atoms with van der Waals surface area (Å²) in [4.78, 5) is 31.5. The van der Waals surface area contributed by atoms with Crippen LogP contribution in [0.3, 0.4) is 0 Å². The first kappa shape index (κ1) is 15.2. The number of halogens is 1. The van der Waals surface area contributed by atoms with E-state index in [9.17, 15) is 9.59 Å². The van der Waals surface area contributed by atoms with Crippen molar-refractivity contribution in [2.24, 2.45) is 0 Å². The molecule has 0 aliphatic rings. The van der Waals surface area contributed by atoms with Crippen molar-refractivity contribution in [3.05, 3.63) is 75.3 Å². The van der Waals surface area contributed by atoms with Gasteiger partial charge in [-0.15, -0.1) is 0 Å². The average Bonchev–Trinajstić information content (AvgIpc) is 2.56. The molecule has 0 atom stereocenters. The second-order valence-corrected chi connectivity index (χ2v) is 5.52. The summed E-state index contributed by atoms with van der Waals surface area (Å²) in [5.41, 5.74) is 1.46. The third-order valence-electron chi connectivity index (χ3n) is 3.54. The average molecular weight is 328 g/mol. The molecule has 3 aromatic rings. The minimum atomic E-state index is -0.401. The molecule has 2 aromatic heterocycles. The summed E-state index contributed by atoms with van der Waals surface area (Å²) in [6.07, 6.45) is 5.51. The number of aromatic nitrogens is 2. The summed E-state index contributed by atoms with van der Waals surface area (Å²) in [5, 5.41) is 3.61. The molecule has 0 aliphatic carbocycles. The van der Waals surface area contributed by atoms with Crippen LogP contribution in [0.15, 0.2) is 53.7 Å². The quantitative estimate of drug-likeness (QED) is 0.773. The van der Waals surface area contributed by atoms with Crippen LogP contribution in [0.5, 0.6) is 0 Å². The van der Waals surface area contributed by atoms with Crippen LogP contribution in [0.1, 0.15) is 15.9 Å². The van der Waals surface area contributed by atoms with Gasteiger partial charge in [0.15, 0.2) is 0 Å². The largest absolute Gasteiger partial charge is 0.360 e. The zero-order chi connectivity index (χ0) is 16.2. The molecule has 0 aliphatic heterocycles. The number of carbonyl (C=O) groups is 1. The maximum absolute atomic E-state index is 12.4. The maximum Gasteiger partial charge on any atom is 0.256 e. The molecule has 0 fully saturated rings. The first-order valence-electron chi connectivity index (χ1n) is 7.13. The van der Waals surface area contributed by atoms with E-state index in [1.807, 2.05) is 12.1 Å². The van der Waals surface area contributed by atoms with Crippen LogP contribution in [0.4, 0.5) is 0 Å². The number of nitrogens with zero attached hydrogens (tertiary/aromatic N) is 1. The highest BCUT2D eigenvalue weighted by Crippen LogP contribution is 2.15. The van der Waals surface area contributed by atoms with Gasteiger partial charge in [-0.3, -0.25) is 14.6 Å². The Morgan fingerprint density at radius 2 is 2.00 bits per heavy atom. The normalized spacial score (nSPS) is 10.7. The maximum atomic E-state index is 12.4. The number of nitrogens with one attached hydrogen (secondary N) is 2. The van der Waals surface area contributed by atoms with Crippen molar-refractivity contribution >= 4 is 28.4 Å². The minimum absolute atomic E-state index is 0.0782. The van der Waals surface area contributed by atoms with Gasteiger partial charge in [0.25, 0.3) is 5.91 Å². The summed E-state index contributed by atoms with van der Waals surface area (Å²) in [6.45, 7) is 0.440. The molecule has 2 N–H and O–H groups in total. The monoisotopic (exact) mass is 327 g/mol. The van der Waals surface area contributed by atoms with Crippen LogP contribution in [0.2, 0.25) is 5.02 Å². The summed E-state index contributed by atoms with van der Waals surface area (Å²) < 4.78 is 0. The summed E-state index contributed by atoms with van der Waals surface area (Å²) >= 11 is 5.92. The van der Waals surface area contributed by atoms with Crippen molar-refractivity contribution in [1.29, 1.82) is 0 Å². The van der Waals surface area contributed by atoms with Crippen LogP contribution in [-0.4, -0.2) is 22.4 Å². The number of benzene rings is 1. The van der Waals surface area contributed by atoms with Gasteiger partial charge in [0.1, 0.15) is 5.56 Å². The van der Waals surface area contributed by atoms with E-state index in [1.54, 1.807) is 30.6 Å². The van der Waals surface area contributed by atoms with Gasteiger partial charge in [-0.2, -0.15) is 0 Å². The van der Waals surface area contributed by atoms with Crippen molar-refractivity contribution in [2.75, 3.05) is 6.54 Å². The number of carbonyl (C=O) groups excluding carboxylic acids is 1. The molecule has 116 valence electrons. The molecule has 6 heteroatoms. The smallest absolute Gasteiger partial charge is 0.256 e. The molecular weight excluding hydrogens is 314 g/mol. The molecule has 0 bridgehead atoms. The number of H-pyrrole nitrogens is 1. The number of pyridine rings is 2. The van der Waals surface area contributed by atoms with Crippen LogP contribution in [0, 0.1) is 0 Å². The lowest BCUT2D eigenvalue weighted by Gasteiger charge is -2.06. The number of amides is 1. The van der Waals surface area contributed by atoms with E-state index >= 15 is 0 Å². The summed E-state index contributed by atoms with van der Waals surface area (Å²) in [5.74, 6) is -0.401. The Morgan fingerprint density at radius 1 is 1.22 bits per heavy atom. The molecule has 0 saturated carbocycles. The van der Waals surface area contributed by atoms with Gasteiger partial charge >= 0.3 is 0 Å².